The fourth-order valence-corrected chi connectivity index (χ4v) is 1.04. The molecule has 2 nitrogen and oxygen atoms in total. The number of hydrogen-bond acceptors (Lipinski definition) is 2. The molecule has 0 fully saturated rings. The number of carbonyl (C=O) groups excluding carboxylic acids is 1. The highest BCUT2D eigenvalue weighted by Gasteiger charge is 1.96. The van der Waals surface area contributed by atoms with Crippen molar-refractivity contribution in [2.45, 2.75) is 0 Å². The van der Waals surface area contributed by atoms with E-state index in [-0.39, 0.29) is 0 Å². The Morgan fingerprint density at radius 1 is 1.38 bits per heavy atom. The van der Waals surface area contributed by atoms with Crippen LogP contribution in [0.15, 0.2) is 30.3 Å². The third kappa shape index (κ3) is 2.43. The molecule has 0 aliphatic rings. The van der Waals surface area contributed by atoms with Gasteiger partial charge in [-0.05, 0) is 23.8 Å². The fraction of sp³-hybridized carbons (Fsp3) is 0. The van der Waals surface area contributed by atoms with Crippen LogP contribution in [0.1, 0.15) is 11.1 Å². The summed E-state index contributed by atoms with van der Waals surface area (Å²) >= 11 is 5.75. The van der Waals surface area contributed by atoms with Crippen molar-refractivity contribution in [2.24, 2.45) is 0 Å². The summed E-state index contributed by atoms with van der Waals surface area (Å²) in [5.74, 6) is 0. The Hall–Kier alpha value is -1.59. The minimum Gasteiger partial charge on any atom is -0.299 e. The quantitative estimate of drug-likeness (QED) is 0.532. The molecular weight excluding hydrogens is 186 g/mol. The van der Waals surface area contributed by atoms with Gasteiger partial charge in [-0.2, -0.15) is 5.26 Å². The molecule has 3 heteroatoms. The van der Waals surface area contributed by atoms with Crippen molar-refractivity contribution in [3.05, 3.63) is 41.5 Å². The first-order valence-corrected chi connectivity index (χ1v) is 3.97. The topological polar surface area (TPSA) is 40.9 Å². The lowest BCUT2D eigenvalue weighted by molar-refractivity contribution is -0.104. The molecule has 1 aromatic rings. The number of rotatable bonds is 2. The van der Waals surface area contributed by atoms with Gasteiger partial charge >= 0.3 is 0 Å². The summed E-state index contributed by atoms with van der Waals surface area (Å²) in [6.07, 6.45) is 1.89. The summed E-state index contributed by atoms with van der Waals surface area (Å²) < 4.78 is 0. The molecule has 0 aromatic heterocycles. The number of nitriles is 1. The highest BCUT2D eigenvalue weighted by Crippen LogP contribution is 2.18. The molecule has 64 valence electrons. The van der Waals surface area contributed by atoms with E-state index in [0.29, 0.717) is 16.9 Å². The maximum atomic E-state index is 10.1. The molecule has 0 heterocycles. The van der Waals surface area contributed by atoms with Crippen molar-refractivity contribution in [3.8, 4) is 6.07 Å². The number of allylic oxidation sites excluding steroid dienone is 1. The van der Waals surface area contributed by atoms with Gasteiger partial charge in [0.15, 0.2) is 0 Å². The van der Waals surface area contributed by atoms with Crippen LogP contribution in [0, 0.1) is 11.3 Å². The molecule has 0 N–H and O–H groups in total. The van der Waals surface area contributed by atoms with Crippen LogP contribution in [0.4, 0.5) is 0 Å². The van der Waals surface area contributed by atoms with Crippen molar-refractivity contribution in [1.82, 2.24) is 0 Å². The van der Waals surface area contributed by atoms with Crippen LogP contribution >= 0.6 is 11.6 Å². The third-order valence-electron chi connectivity index (χ3n) is 1.50. The van der Waals surface area contributed by atoms with Crippen molar-refractivity contribution < 1.29 is 4.79 Å². The zero-order valence-electron chi connectivity index (χ0n) is 6.70. The van der Waals surface area contributed by atoms with Crippen LogP contribution in [-0.4, -0.2) is 6.29 Å². The number of benzene rings is 1. The number of carbonyl (C=O) groups is 1. The highest BCUT2D eigenvalue weighted by atomic mass is 35.5. The van der Waals surface area contributed by atoms with Crippen LogP contribution in [0.5, 0.6) is 0 Å². The molecule has 0 bridgehead atoms. The summed E-state index contributed by atoms with van der Waals surface area (Å²) in [6.45, 7) is 0. The van der Waals surface area contributed by atoms with Crippen LogP contribution in [-0.2, 0) is 4.79 Å². The number of aldehydes is 1. The fourth-order valence-electron chi connectivity index (χ4n) is 0.860. The van der Waals surface area contributed by atoms with Crippen molar-refractivity contribution in [1.29, 1.82) is 5.26 Å². The first-order valence-electron chi connectivity index (χ1n) is 3.59. The normalized spacial score (nSPS) is 10.6. The zero-order valence-corrected chi connectivity index (χ0v) is 7.45. The van der Waals surface area contributed by atoms with E-state index < -0.39 is 0 Å². The summed E-state index contributed by atoms with van der Waals surface area (Å²) in [5.41, 5.74) is 1.30. The summed E-state index contributed by atoms with van der Waals surface area (Å²) in [7, 11) is 0. The van der Waals surface area contributed by atoms with E-state index >= 15 is 0 Å². The van der Waals surface area contributed by atoms with Crippen LogP contribution in [0.2, 0.25) is 0 Å². The molecule has 13 heavy (non-hydrogen) atoms. The van der Waals surface area contributed by atoms with Crippen LogP contribution in [0.25, 0.3) is 5.03 Å². The molecule has 0 aliphatic carbocycles. The molecule has 0 saturated carbocycles. The van der Waals surface area contributed by atoms with Gasteiger partial charge in [-0.3, -0.25) is 4.79 Å². The zero-order chi connectivity index (χ0) is 9.68. The Labute approximate surface area is 81.1 Å². The van der Waals surface area contributed by atoms with E-state index in [2.05, 4.69) is 0 Å². The van der Waals surface area contributed by atoms with E-state index in [9.17, 15) is 4.79 Å². The Bertz CT molecular complexity index is 373. The van der Waals surface area contributed by atoms with Gasteiger partial charge < -0.3 is 0 Å². The minimum atomic E-state index is 0.375. The molecule has 1 aromatic carbocycles. The van der Waals surface area contributed by atoms with E-state index in [1.807, 2.05) is 6.07 Å². The predicted octanol–water partition coefficient (Wildman–Crippen LogP) is 2.34. The Kier molecular flexibility index (Phi) is 3.24. The number of nitrogens with zero attached hydrogens (tertiary/aromatic N) is 1. The number of hydrogen-bond donors (Lipinski definition) is 0. The van der Waals surface area contributed by atoms with E-state index in [1.165, 1.54) is 6.08 Å². The first kappa shape index (κ1) is 9.50. The van der Waals surface area contributed by atoms with E-state index in [0.717, 1.165) is 5.56 Å². The largest absolute Gasteiger partial charge is 0.299 e. The molecule has 0 saturated heterocycles. The Morgan fingerprint density at radius 3 is 2.46 bits per heavy atom. The van der Waals surface area contributed by atoms with Gasteiger partial charge in [0.25, 0.3) is 0 Å². The van der Waals surface area contributed by atoms with Gasteiger partial charge in [0.2, 0.25) is 0 Å². The average Bonchev–Trinajstić information content (AvgIpc) is 2.18. The molecule has 0 unspecified atom stereocenters. The molecule has 1 rings (SSSR count). The molecule has 0 atom stereocenters. The SMILES string of the molecule is N#Cc1ccc(C(Cl)=CC=O)cc1. The third-order valence-corrected chi connectivity index (χ3v) is 1.85. The Balaban J connectivity index is 3.00. The van der Waals surface area contributed by atoms with E-state index in [4.69, 9.17) is 16.9 Å². The van der Waals surface area contributed by atoms with Crippen molar-refractivity contribution in [3.63, 3.8) is 0 Å². The second kappa shape index (κ2) is 4.44. The minimum absolute atomic E-state index is 0.375. The Morgan fingerprint density at radius 2 is 2.00 bits per heavy atom. The molecule has 0 aliphatic heterocycles. The average molecular weight is 192 g/mol. The maximum absolute atomic E-state index is 10.1. The monoisotopic (exact) mass is 191 g/mol. The lowest BCUT2D eigenvalue weighted by atomic mass is 10.1. The van der Waals surface area contributed by atoms with Gasteiger partial charge in [-0.15, -0.1) is 0 Å². The number of halogens is 1. The second-order valence-electron chi connectivity index (χ2n) is 2.34. The van der Waals surface area contributed by atoms with Gasteiger partial charge in [-0.1, -0.05) is 23.7 Å². The highest BCUT2D eigenvalue weighted by molar-refractivity contribution is 6.49. The van der Waals surface area contributed by atoms with Gasteiger partial charge in [0.1, 0.15) is 6.29 Å². The van der Waals surface area contributed by atoms with Gasteiger partial charge in [0.05, 0.1) is 16.7 Å². The van der Waals surface area contributed by atoms with Crippen LogP contribution in [0.3, 0.4) is 0 Å². The lowest BCUT2D eigenvalue weighted by Crippen LogP contribution is -1.79. The lowest BCUT2D eigenvalue weighted by Gasteiger charge is -1.96. The molecule has 0 spiro atoms. The predicted molar refractivity (Wildman–Crippen MR) is 51.1 cm³/mol. The summed E-state index contributed by atoms with van der Waals surface area (Å²) in [6, 6.07) is 8.68. The first-order chi connectivity index (χ1) is 6.27. The molecule has 0 radical (unpaired) electrons. The van der Waals surface area contributed by atoms with Crippen molar-refractivity contribution >= 4 is 22.9 Å². The summed E-state index contributed by atoms with van der Waals surface area (Å²) in [4.78, 5) is 10.1. The standard InChI is InChI=1S/C10H6ClNO/c11-10(5-6-13)9-3-1-8(7-12)2-4-9/h1-6H. The van der Waals surface area contributed by atoms with Crippen molar-refractivity contribution in [2.75, 3.05) is 0 Å². The molecule has 0 amide bonds. The smallest absolute Gasteiger partial charge is 0.144 e. The maximum Gasteiger partial charge on any atom is 0.144 e. The second-order valence-corrected chi connectivity index (χ2v) is 2.75. The van der Waals surface area contributed by atoms with Crippen LogP contribution < -0.4 is 0 Å². The van der Waals surface area contributed by atoms with Gasteiger partial charge in [0, 0.05) is 0 Å². The molecular formula is C10H6ClNO. The van der Waals surface area contributed by atoms with Gasteiger partial charge in [-0.25, -0.2) is 0 Å². The summed E-state index contributed by atoms with van der Waals surface area (Å²) in [5, 5.41) is 8.89. The van der Waals surface area contributed by atoms with E-state index in [1.54, 1.807) is 24.3 Å².